The maximum Gasteiger partial charge on any atom is 0.387 e. The van der Waals surface area contributed by atoms with Gasteiger partial charge in [-0.3, -0.25) is 0 Å². The number of hydrogen-bond donors (Lipinski definition) is 2. The fraction of sp³-hybridized carbons (Fsp3) is 0.273. The first-order valence-electron chi connectivity index (χ1n) is 5.51. The first kappa shape index (κ1) is 13.0. The van der Waals surface area contributed by atoms with E-state index in [4.69, 9.17) is 9.84 Å². The molecule has 0 aromatic rings. The summed E-state index contributed by atoms with van der Waals surface area (Å²) in [6.07, 6.45) is 2.45. The molecule has 1 amide bonds. The summed E-state index contributed by atoms with van der Waals surface area (Å²) >= 11 is 0. The molecule has 0 fully saturated rings. The van der Waals surface area contributed by atoms with Crippen LogP contribution in [0.1, 0.15) is 6.92 Å². The van der Waals surface area contributed by atoms with E-state index in [0.29, 0.717) is 0 Å². The maximum atomic E-state index is 12.2. The molecular weight excluding hydrogens is 254 g/mol. The fourth-order valence-corrected chi connectivity index (χ4v) is 1.78. The van der Waals surface area contributed by atoms with Crippen molar-refractivity contribution >= 4 is 23.6 Å². The molecule has 0 bridgehead atoms. The Balaban J connectivity index is 2.38. The van der Waals surface area contributed by atoms with Gasteiger partial charge < -0.3 is 15.2 Å². The molecule has 0 aromatic carbocycles. The van der Waals surface area contributed by atoms with E-state index in [-0.39, 0.29) is 23.7 Å². The number of quaternary nitrogens is 1. The standard InChI is InChI=1S/C11H11N3O5/c1-3-19-11(18)6-5-12-8-4-7(10(16)17)13-14(8,2)9(6)15/h4-5H,3H2,1-2H3,(H-,12,13,15,16,17,18)/p+1. The van der Waals surface area contributed by atoms with Crippen molar-refractivity contribution in [3.05, 3.63) is 23.7 Å². The number of likely N-dealkylation sites (N-methyl/N-ethyl adjacent to an activating group) is 1. The lowest BCUT2D eigenvalue weighted by Gasteiger charge is -2.26. The molecule has 0 saturated heterocycles. The van der Waals surface area contributed by atoms with E-state index >= 15 is 0 Å². The number of fused-ring (bicyclic) bond motifs is 1. The van der Waals surface area contributed by atoms with Gasteiger partial charge in [-0.2, -0.15) is 0 Å². The SMILES string of the molecule is CCOC(=O)C1=CNC2=CC(C(=O)O)=N[N+]2(C)C1=O. The molecule has 19 heavy (non-hydrogen) atoms. The van der Waals surface area contributed by atoms with Crippen molar-refractivity contribution < 1.29 is 28.8 Å². The van der Waals surface area contributed by atoms with Crippen molar-refractivity contribution in [3.63, 3.8) is 0 Å². The van der Waals surface area contributed by atoms with Gasteiger partial charge in [0.15, 0.2) is 5.57 Å². The predicted octanol–water partition coefficient (Wildman–Crippen LogP) is -0.695. The minimum Gasteiger partial charge on any atom is -0.476 e. The molecule has 2 heterocycles. The molecule has 0 aliphatic carbocycles. The second-order valence-electron chi connectivity index (χ2n) is 4.01. The highest BCUT2D eigenvalue weighted by Gasteiger charge is 2.50. The second-order valence-corrected chi connectivity index (χ2v) is 4.01. The molecule has 1 atom stereocenters. The number of carbonyl (C=O) groups is 3. The van der Waals surface area contributed by atoms with E-state index in [1.807, 2.05) is 0 Å². The van der Waals surface area contributed by atoms with Crippen LogP contribution in [-0.2, 0) is 19.1 Å². The third kappa shape index (κ3) is 1.91. The van der Waals surface area contributed by atoms with Crippen LogP contribution in [0.15, 0.2) is 28.8 Å². The molecule has 0 radical (unpaired) electrons. The van der Waals surface area contributed by atoms with E-state index in [0.717, 1.165) is 0 Å². The predicted molar refractivity (Wildman–Crippen MR) is 62.2 cm³/mol. The zero-order valence-corrected chi connectivity index (χ0v) is 10.3. The summed E-state index contributed by atoms with van der Waals surface area (Å²) in [6, 6.07) is 0. The Morgan fingerprint density at radius 1 is 1.53 bits per heavy atom. The van der Waals surface area contributed by atoms with Gasteiger partial charge in [0.1, 0.15) is 7.05 Å². The molecule has 2 N–H and O–H groups in total. The number of nitrogens with one attached hydrogen (secondary N) is 1. The number of hydrogen-bond acceptors (Lipinski definition) is 6. The number of carbonyl (C=O) groups excluding carboxylic acids is 2. The Morgan fingerprint density at radius 2 is 2.21 bits per heavy atom. The largest absolute Gasteiger partial charge is 0.476 e. The Morgan fingerprint density at radius 3 is 2.79 bits per heavy atom. The number of nitrogens with zero attached hydrogens (tertiary/aromatic N) is 2. The number of ether oxygens (including phenoxy) is 1. The van der Waals surface area contributed by atoms with Crippen molar-refractivity contribution in [1.29, 1.82) is 0 Å². The summed E-state index contributed by atoms with van der Waals surface area (Å²) in [6.45, 7) is 1.76. The van der Waals surface area contributed by atoms with Crippen molar-refractivity contribution in [2.24, 2.45) is 5.10 Å². The lowest BCUT2D eigenvalue weighted by molar-refractivity contribution is -0.801. The van der Waals surface area contributed by atoms with Crippen molar-refractivity contribution in [2.45, 2.75) is 6.92 Å². The normalized spacial score (nSPS) is 24.7. The van der Waals surface area contributed by atoms with Crippen LogP contribution in [0.2, 0.25) is 0 Å². The summed E-state index contributed by atoms with van der Waals surface area (Å²) in [5, 5.41) is 15.4. The summed E-state index contributed by atoms with van der Waals surface area (Å²) in [7, 11) is 1.39. The number of carboxylic acid groups (broad SMARTS) is 1. The highest BCUT2D eigenvalue weighted by Crippen LogP contribution is 2.27. The Bertz CT molecular complexity index is 575. The van der Waals surface area contributed by atoms with Crippen molar-refractivity contribution in [3.8, 4) is 0 Å². The van der Waals surface area contributed by atoms with Crippen LogP contribution >= 0.6 is 0 Å². The van der Waals surface area contributed by atoms with Crippen LogP contribution in [-0.4, -0.2) is 46.9 Å². The summed E-state index contributed by atoms with van der Waals surface area (Å²) in [5.41, 5.74) is -0.450. The number of rotatable bonds is 3. The van der Waals surface area contributed by atoms with Gasteiger partial charge in [-0.15, -0.1) is 0 Å². The molecule has 2 rings (SSSR count). The third-order valence-corrected chi connectivity index (χ3v) is 2.75. The first-order valence-corrected chi connectivity index (χ1v) is 5.51. The summed E-state index contributed by atoms with van der Waals surface area (Å²) in [4.78, 5) is 34.7. The first-order chi connectivity index (χ1) is 8.90. The molecule has 0 spiro atoms. The Labute approximate surface area is 108 Å². The molecule has 2 aliphatic heterocycles. The summed E-state index contributed by atoms with van der Waals surface area (Å²) < 4.78 is 4.10. The number of carboxylic acids is 1. The van der Waals surface area contributed by atoms with E-state index in [1.54, 1.807) is 6.92 Å². The smallest absolute Gasteiger partial charge is 0.387 e. The zero-order chi connectivity index (χ0) is 14.2. The average molecular weight is 266 g/mol. The Hall–Kier alpha value is -2.48. The monoisotopic (exact) mass is 266 g/mol. The van der Waals surface area contributed by atoms with Crippen LogP contribution < -0.4 is 5.32 Å². The van der Waals surface area contributed by atoms with Crippen LogP contribution in [0.4, 0.5) is 0 Å². The molecule has 0 aromatic heterocycles. The van der Waals surface area contributed by atoms with Crippen LogP contribution in [0, 0.1) is 0 Å². The van der Waals surface area contributed by atoms with Crippen molar-refractivity contribution in [2.75, 3.05) is 13.7 Å². The van der Waals surface area contributed by atoms with E-state index < -0.39 is 22.4 Å². The summed E-state index contributed by atoms with van der Waals surface area (Å²) in [5.74, 6) is -2.37. The number of esters is 1. The molecule has 100 valence electrons. The minimum atomic E-state index is -1.24. The van der Waals surface area contributed by atoms with Crippen LogP contribution in [0.3, 0.4) is 0 Å². The molecule has 8 heteroatoms. The van der Waals surface area contributed by atoms with Crippen LogP contribution in [0.5, 0.6) is 0 Å². The van der Waals surface area contributed by atoms with Gasteiger partial charge in [0.05, 0.1) is 12.7 Å². The average Bonchev–Trinajstić information content (AvgIpc) is 2.69. The quantitative estimate of drug-likeness (QED) is 0.398. The molecule has 2 aliphatic rings. The third-order valence-electron chi connectivity index (χ3n) is 2.75. The lowest BCUT2D eigenvalue weighted by Crippen LogP contribution is -2.51. The topological polar surface area (TPSA) is 105 Å². The van der Waals surface area contributed by atoms with Gasteiger partial charge in [-0.1, -0.05) is 9.69 Å². The van der Waals surface area contributed by atoms with E-state index in [1.165, 1.54) is 19.3 Å². The van der Waals surface area contributed by atoms with Gasteiger partial charge in [0.2, 0.25) is 11.5 Å². The molecule has 8 nitrogen and oxygen atoms in total. The second kappa shape index (κ2) is 4.32. The zero-order valence-electron chi connectivity index (χ0n) is 10.3. The van der Waals surface area contributed by atoms with Gasteiger partial charge in [0, 0.05) is 6.20 Å². The minimum absolute atomic E-state index is 0.138. The number of aliphatic carboxylic acids is 1. The molecular formula is C11H12N3O5+. The molecule has 0 saturated carbocycles. The number of amides is 1. The molecule has 1 unspecified atom stereocenters. The van der Waals surface area contributed by atoms with Gasteiger partial charge >= 0.3 is 17.8 Å². The van der Waals surface area contributed by atoms with E-state index in [9.17, 15) is 14.4 Å². The van der Waals surface area contributed by atoms with Gasteiger partial charge in [-0.05, 0) is 6.92 Å². The fourth-order valence-electron chi connectivity index (χ4n) is 1.78. The lowest BCUT2D eigenvalue weighted by atomic mass is 10.2. The van der Waals surface area contributed by atoms with Gasteiger partial charge in [-0.25, -0.2) is 14.4 Å². The highest BCUT2D eigenvalue weighted by atomic mass is 16.5. The highest BCUT2D eigenvalue weighted by molar-refractivity contribution is 6.41. The van der Waals surface area contributed by atoms with Crippen LogP contribution in [0.25, 0.3) is 0 Å². The maximum absolute atomic E-state index is 12.2. The van der Waals surface area contributed by atoms with Gasteiger partial charge in [0.25, 0.3) is 0 Å². The van der Waals surface area contributed by atoms with E-state index in [2.05, 4.69) is 10.4 Å². The van der Waals surface area contributed by atoms with Crippen molar-refractivity contribution in [1.82, 2.24) is 5.32 Å². The Kier molecular flexibility index (Phi) is 2.95.